The van der Waals surface area contributed by atoms with Crippen molar-refractivity contribution in [3.63, 3.8) is 0 Å². The summed E-state index contributed by atoms with van der Waals surface area (Å²) in [5.41, 5.74) is -0.216. The lowest BCUT2D eigenvalue weighted by atomic mass is 10.3. The molecule has 0 radical (unpaired) electrons. The lowest BCUT2D eigenvalue weighted by molar-refractivity contribution is 0.0519. The summed E-state index contributed by atoms with van der Waals surface area (Å²) in [4.78, 5) is 11.3. The molecule has 2 aromatic rings. The summed E-state index contributed by atoms with van der Waals surface area (Å²) in [6.45, 7) is 1.78. The quantitative estimate of drug-likeness (QED) is 0.631. The van der Waals surface area contributed by atoms with Crippen molar-refractivity contribution in [3.05, 3.63) is 41.5 Å². The van der Waals surface area contributed by atoms with E-state index in [0.29, 0.717) is 0 Å². The van der Waals surface area contributed by atoms with Crippen molar-refractivity contribution < 1.29 is 22.7 Å². The van der Waals surface area contributed by atoms with Gasteiger partial charge in [-0.25, -0.2) is 22.6 Å². The maximum absolute atomic E-state index is 13.0. The summed E-state index contributed by atoms with van der Waals surface area (Å²) in [7, 11) is 0. The Hall–Kier alpha value is -2.38. The molecule has 0 aliphatic rings. The molecule has 2 rings (SSSR count). The van der Waals surface area contributed by atoms with Gasteiger partial charge < -0.3 is 4.74 Å². The van der Waals surface area contributed by atoms with Crippen LogP contribution < -0.4 is 0 Å². The third-order valence-corrected chi connectivity index (χ3v) is 2.21. The lowest BCUT2D eigenvalue weighted by Crippen LogP contribution is -2.04. The molecule has 0 atom stereocenters. The van der Waals surface area contributed by atoms with Gasteiger partial charge in [0.15, 0.2) is 23.1 Å². The maximum Gasteiger partial charge on any atom is 0.360 e. The summed E-state index contributed by atoms with van der Waals surface area (Å²) in [6, 6.07) is 1.48. The number of halogens is 3. The standard InChI is InChI=1S/C11H8F3N3O2/c1-2-19-11(18)9-5-17(16-15-9)6-3-7(12)10(14)8(13)4-6/h3-5H,2H2,1H3. The Labute approximate surface area is 105 Å². The van der Waals surface area contributed by atoms with Crippen molar-refractivity contribution in [2.24, 2.45) is 0 Å². The summed E-state index contributed by atoms with van der Waals surface area (Å²) in [5.74, 6) is -5.00. The number of carbonyl (C=O) groups is 1. The van der Waals surface area contributed by atoms with E-state index in [-0.39, 0.29) is 18.0 Å². The van der Waals surface area contributed by atoms with Crippen molar-refractivity contribution in [1.82, 2.24) is 15.0 Å². The van der Waals surface area contributed by atoms with E-state index in [2.05, 4.69) is 15.0 Å². The van der Waals surface area contributed by atoms with E-state index in [4.69, 9.17) is 0 Å². The first-order valence-corrected chi connectivity index (χ1v) is 5.27. The number of nitrogens with zero attached hydrogens (tertiary/aromatic N) is 3. The fourth-order valence-electron chi connectivity index (χ4n) is 1.36. The van der Waals surface area contributed by atoms with Crippen LogP contribution in [0.3, 0.4) is 0 Å². The second-order valence-corrected chi connectivity index (χ2v) is 3.49. The molecule has 0 aliphatic heterocycles. The molecule has 1 aromatic heterocycles. The zero-order valence-electron chi connectivity index (χ0n) is 9.73. The second kappa shape index (κ2) is 5.09. The van der Waals surface area contributed by atoms with E-state index in [1.807, 2.05) is 0 Å². The Kier molecular flexibility index (Phi) is 3.50. The fourth-order valence-corrected chi connectivity index (χ4v) is 1.36. The van der Waals surface area contributed by atoms with Gasteiger partial charge in [0.1, 0.15) is 0 Å². The van der Waals surface area contributed by atoms with Gasteiger partial charge in [0.25, 0.3) is 0 Å². The normalized spacial score (nSPS) is 10.5. The van der Waals surface area contributed by atoms with Gasteiger partial charge in [-0.1, -0.05) is 5.21 Å². The van der Waals surface area contributed by atoms with Gasteiger partial charge in [0, 0.05) is 12.1 Å². The number of carbonyl (C=O) groups excluding carboxylic acids is 1. The van der Waals surface area contributed by atoms with Crippen LogP contribution in [0.4, 0.5) is 13.2 Å². The van der Waals surface area contributed by atoms with Crippen LogP contribution in [0.2, 0.25) is 0 Å². The van der Waals surface area contributed by atoms with Crippen LogP contribution in [0, 0.1) is 17.5 Å². The Balaban J connectivity index is 2.35. The predicted molar refractivity (Wildman–Crippen MR) is 57.2 cm³/mol. The minimum atomic E-state index is -1.57. The minimum Gasteiger partial charge on any atom is -0.461 e. The topological polar surface area (TPSA) is 57.0 Å². The molecule has 0 unspecified atom stereocenters. The van der Waals surface area contributed by atoms with E-state index in [9.17, 15) is 18.0 Å². The SMILES string of the molecule is CCOC(=O)c1cn(-c2cc(F)c(F)c(F)c2)nn1. The molecule has 0 N–H and O–H groups in total. The Morgan fingerprint density at radius 2 is 1.95 bits per heavy atom. The maximum atomic E-state index is 13.0. The summed E-state index contributed by atoms with van der Waals surface area (Å²) >= 11 is 0. The van der Waals surface area contributed by atoms with Crippen molar-refractivity contribution >= 4 is 5.97 Å². The molecule has 0 aliphatic carbocycles. The van der Waals surface area contributed by atoms with Gasteiger partial charge in [-0.2, -0.15) is 0 Å². The average Bonchev–Trinajstić information content (AvgIpc) is 2.85. The summed E-state index contributed by atoms with van der Waals surface area (Å²) < 4.78 is 44.5. The van der Waals surface area contributed by atoms with E-state index in [0.717, 1.165) is 23.0 Å². The average molecular weight is 271 g/mol. The molecule has 19 heavy (non-hydrogen) atoms. The molecular weight excluding hydrogens is 263 g/mol. The summed E-state index contributed by atoms with van der Waals surface area (Å²) in [5, 5.41) is 7.00. The molecule has 0 saturated heterocycles. The predicted octanol–water partition coefficient (Wildman–Crippen LogP) is 1.86. The monoisotopic (exact) mass is 271 g/mol. The minimum absolute atomic E-state index is 0.0977. The number of hydrogen-bond acceptors (Lipinski definition) is 4. The highest BCUT2D eigenvalue weighted by atomic mass is 19.2. The number of rotatable bonds is 3. The van der Waals surface area contributed by atoms with Crippen molar-refractivity contribution in [3.8, 4) is 5.69 Å². The Bertz CT molecular complexity index is 604. The zero-order valence-corrected chi connectivity index (χ0v) is 9.73. The first kappa shape index (κ1) is 13.1. The van der Waals surface area contributed by atoms with Crippen LogP contribution in [0.25, 0.3) is 5.69 Å². The van der Waals surface area contributed by atoms with Crippen LogP contribution in [-0.4, -0.2) is 27.6 Å². The van der Waals surface area contributed by atoms with Crippen molar-refractivity contribution in [2.45, 2.75) is 6.92 Å². The van der Waals surface area contributed by atoms with E-state index in [1.165, 1.54) is 0 Å². The zero-order chi connectivity index (χ0) is 14.0. The highest BCUT2D eigenvalue weighted by Gasteiger charge is 2.15. The molecule has 0 spiro atoms. The molecule has 5 nitrogen and oxygen atoms in total. The van der Waals surface area contributed by atoms with Crippen LogP contribution in [0.5, 0.6) is 0 Å². The molecule has 0 fully saturated rings. The van der Waals surface area contributed by atoms with E-state index in [1.54, 1.807) is 6.92 Å². The fraction of sp³-hybridized carbons (Fsp3) is 0.182. The van der Waals surface area contributed by atoms with E-state index < -0.39 is 23.4 Å². The molecule has 0 amide bonds. The largest absolute Gasteiger partial charge is 0.461 e. The van der Waals surface area contributed by atoms with Crippen molar-refractivity contribution in [1.29, 1.82) is 0 Å². The number of hydrogen-bond donors (Lipinski definition) is 0. The van der Waals surface area contributed by atoms with Gasteiger partial charge in [-0.05, 0) is 6.92 Å². The Morgan fingerprint density at radius 3 is 2.53 bits per heavy atom. The Morgan fingerprint density at radius 1 is 1.32 bits per heavy atom. The molecule has 1 heterocycles. The summed E-state index contributed by atoms with van der Waals surface area (Å²) in [6.07, 6.45) is 1.13. The van der Waals surface area contributed by atoms with E-state index >= 15 is 0 Å². The second-order valence-electron chi connectivity index (χ2n) is 3.49. The first-order valence-electron chi connectivity index (χ1n) is 5.27. The smallest absolute Gasteiger partial charge is 0.360 e. The number of esters is 1. The van der Waals surface area contributed by atoms with Crippen molar-refractivity contribution in [2.75, 3.05) is 6.61 Å². The third kappa shape index (κ3) is 2.56. The molecule has 0 saturated carbocycles. The highest BCUT2D eigenvalue weighted by Crippen LogP contribution is 2.16. The van der Waals surface area contributed by atoms with Crippen LogP contribution in [0.15, 0.2) is 18.3 Å². The molecule has 0 bridgehead atoms. The van der Waals surface area contributed by atoms with Gasteiger partial charge in [-0.15, -0.1) is 5.10 Å². The van der Waals surface area contributed by atoms with Gasteiger partial charge in [-0.3, -0.25) is 0 Å². The lowest BCUT2D eigenvalue weighted by Gasteiger charge is -2.01. The van der Waals surface area contributed by atoms with Crippen LogP contribution in [0.1, 0.15) is 17.4 Å². The first-order chi connectivity index (χ1) is 9.02. The molecular formula is C11H8F3N3O2. The van der Waals surface area contributed by atoms with Gasteiger partial charge >= 0.3 is 5.97 Å². The van der Waals surface area contributed by atoms with Crippen LogP contribution in [-0.2, 0) is 4.74 Å². The molecule has 100 valence electrons. The molecule has 8 heteroatoms. The number of aromatic nitrogens is 3. The third-order valence-electron chi connectivity index (χ3n) is 2.21. The number of ether oxygens (including phenoxy) is 1. The highest BCUT2D eigenvalue weighted by molar-refractivity contribution is 5.86. The molecule has 1 aromatic carbocycles. The van der Waals surface area contributed by atoms with Gasteiger partial charge in [0.2, 0.25) is 0 Å². The van der Waals surface area contributed by atoms with Gasteiger partial charge in [0.05, 0.1) is 18.5 Å². The van der Waals surface area contributed by atoms with Crippen LogP contribution >= 0.6 is 0 Å². The number of benzene rings is 1.